The maximum Gasteiger partial charge on any atom is 0.253 e. The minimum absolute atomic E-state index is 0.0161. The molecule has 0 radical (unpaired) electrons. The molecule has 0 aliphatic rings. The van der Waals surface area contributed by atoms with Crippen LogP contribution in [0.3, 0.4) is 0 Å². The first-order valence-electron chi connectivity index (χ1n) is 8.67. The molecule has 6 nitrogen and oxygen atoms in total. The molecule has 0 aliphatic heterocycles. The molecule has 0 aliphatic carbocycles. The van der Waals surface area contributed by atoms with Crippen molar-refractivity contribution in [1.82, 2.24) is 20.2 Å². The minimum atomic E-state index is -0.136. The highest BCUT2D eigenvalue weighted by molar-refractivity contribution is 9.10. The fourth-order valence-electron chi connectivity index (χ4n) is 2.91. The molecule has 3 aromatic carbocycles. The highest BCUT2D eigenvalue weighted by Gasteiger charge is 2.20. The van der Waals surface area contributed by atoms with E-state index < -0.39 is 0 Å². The van der Waals surface area contributed by atoms with Crippen molar-refractivity contribution in [3.8, 4) is 11.4 Å². The van der Waals surface area contributed by atoms with E-state index in [-0.39, 0.29) is 12.5 Å². The molecular formula is C21H16BrN5O. The first-order chi connectivity index (χ1) is 13.7. The minimum Gasteiger partial charge on any atom is -0.279 e. The van der Waals surface area contributed by atoms with Crippen molar-refractivity contribution in [2.75, 3.05) is 4.90 Å². The average molecular weight is 434 g/mol. The van der Waals surface area contributed by atoms with Crippen LogP contribution in [0.4, 0.5) is 11.4 Å². The number of carbonyl (C=O) groups is 1. The Hall–Kier alpha value is -3.32. The number of tetrazole rings is 1. The molecule has 0 bridgehead atoms. The van der Waals surface area contributed by atoms with E-state index in [4.69, 9.17) is 0 Å². The lowest BCUT2D eigenvalue weighted by Crippen LogP contribution is -2.30. The number of amides is 1. The molecule has 0 atom stereocenters. The summed E-state index contributed by atoms with van der Waals surface area (Å²) >= 11 is 3.42. The summed E-state index contributed by atoms with van der Waals surface area (Å²) in [4.78, 5) is 14.9. The van der Waals surface area contributed by atoms with Gasteiger partial charge in [-0.15, -0.1) is 5.10 Å². The molecule has 0 spiro atoms. The molecule has 1 amide bonds. The van der Waals surface area contributed by atoms with Gasteiger partial charge in [0, 0.05) is 21.4 Å². The van der Waals surface area contributed by atoms with Crippen molar-refractivity contribution in [3.63, 3.8) is 0 Å². The Labute approximate surface area is 170 Å². The molecule has 4 rings (SSSR count). The summed E-state index contributed by atoms with van der Waals surface area (Å²) in [5.41, 5.74) is 2.42. The van der Waals surface area contributed by atoms with Crippen LogP contribution in [0, 0.1) is 0 Å². The van der Waals surface area contributed by atoms with E-state index in [9.17, 15) is 4.79 Å². The quantitative estimate of drug-likeness (QED) is 0.465. The number of anilines is 2. The lowest BCUT2D eigenvalue weighted by Gasteiger charge is -2.23. The maximum atomic E-state index is 13.3. The average Bonchev–Trinajstić information content (AvgIpc) is 3.18. The van der Waals surface area contributed by atoms with Gasteiger partial charge in [0.2, 0.25) is 0 Å². The van der Waals surface area contributed by atoms with E-state index in [2.05, 4.69) is 31.5 Å². The number of carbonyl (C=O) groups excluding carboxylic acids is 1. The van der Waals surface area contributed by atoms with Gasteiger partial charge in [0.25, 0.3) is 5.91 Å². The third-order valence-electron chi connectivity index (χ3n) is 4.20. The van der Waals surface area contributed by atoms with Crippen LogP contribution in [-0.2, 0) is 11.3 Å². The first kappa shape index (κ1) is 18.1. The van der Waals surface area contributed by atoms with Crippen LogP contribution >= 0.6 is 15.9 Å². The Morgan fingerprint density at radius 1 is 0.857 bits per heavy atom. The summed E-state index contributed by atoms with van der Waals surface area (Å²) in [6.45, 7) is 0.0161. The van der Waals surface area contributed by atoms with Crippen molar-refractivity contribution in [3.05, 3.63) is 89.4 Å². The number of aromatic nitrogens is 4. The van der Waals surface area contributed by atoms with Gasteiger partial charge in [-0.2, -0.15) is 0 Å². The van der Waals surface area contributed by atoms with Crippen molar-refractivity contribution >= 4 is 33.2 Å². The number of nitrogens with zero attached hydrogens (tertiary/aromatic N) is 5. The molecule has 0 saturated carbocycles. The molecular weight excluding hydrogens is 418 g/mol. The number of hydrogen-bond acceptors (Lipinski definition) is 4. The molecule has 0 fully saturated rings. The Morgan fingerprint density at radius 3 is 2.00 bits per heavy atom. The van der Waals surface area contributed by atoms with Crippen LogP contribution in [-0.4, -0.2) is 26.1 Å². The fourth-order valence-corrected chi connectivity index (χ4v) is 3.17. The number of halogens is 1. The number of benzene rings is 3. The van der Waals surface area contributed by atoms with E-state index in [1.165, 1.54) is 4.68 Å². The smallest absolute Gasteiger partial charge is 0.253 e. The van der Waals surface area contributed by atoms with E-state index >= 15 is 0 Å². The number of rotatable bonds is 5. The largest absolute Gasteiger partial charge is 0.279 e. The van der Waals surface area contributed by atoms with Gasteiger partial charge in [0.05, 0.1) is 0 Å². The SMILES string of the molecule is O=C(Cn1nnnc1-c1ccc(Br)cc1)N(c1ccccc1)c1ccccc1. The summed E-state index contributed by atoms with van der Waals surface area (Å²) < 4.78 is 2.48. The van der Waals surface area contributed by atoms with Crippen molar-refractivity contribution in [2.24, 2.45) is 0 Å². The first-order valence-corrected chi connectivity index (χ1v) is 9.47. The van der Waals surface area contributed by atoms with E-state index in [0.717, 1.165) is 21.4 Å². The third kappa shape index (κ3) is 3.84. The summed E-state index contributed by atoms with van der Waals surface area (Å²) in [6, 6.07) is 26.7. The van der Waals surface area contributed by atoms with E-state index in [1.807, 2.05) is 84.9 Å². The topological polar surface area (TPSA) is 63.9 Å². The van der Waals surface area contributed by atoms with Crippen LogP contribution in [0.1, 0.15) is 0 Å². The predicted molar refractivity (Wildman–Crippen MR) is 111 cm³/mol. The molecule has 0 saturated heterocycles. The molecule has 28 heavy (non-hydrogen) atoms. The van der Waals surface area contributed by atoms with E-state index in [0.29, 0.717) is 5.82 Å². The second-order valence-electron chi connectivity index (χ2n) is 6.07. The Morgan fingerprint density at radius 2 is 1.43 bits per heavy atom. The lowest BCUT2D eigenvalue weighted by molar-refractivity contribution is -0.118. The van der Waals surface area contributed by atoms with Crippen molar-refractivity contribution in [1.29, 1.82) is 0 Å². The van der Waals surface area contributed by atoms with Gasteiger partial charge in [-0.05, 0) is 46.8 Å². The zero-order valence-electron chi connectivity index (χ0n) is 14.8. The van der Waals surface area contributed by atoms with Crippen LogP contribution < -0.4 is 4.90 Å². The molecule has 7 heteroatoms. The standard InChI is InChI=1S/C21H16BrN5O/c22-17-13-11-16(12-14-17)21-23-24-25-26(21)15-20(28)27(18-7-3-1-4-8-18)19-9-5-2-6-10-19/h1-14H,15H2. The second kappa shape index (κ2) is 8.14. The van der Waals surface area contributed by atoms with Gasteiger partial charge in [0.15, 0.2) is 5.82 Å². The van der Waals surface area contributed by atoms with Crippen LogP contribution in [0.25, 0.3) is 11.4 Å². The van der Waals surface area contributed by atoms with Gasteiger partial charge in [-0.3, -0.25) is 9.69 Å². The highest BCUT2D eigenvalue weighted by atomic mass is 79.9. The summed E-state index contributed by atoms with van der Waals surface area (Å²) in [6.07, 6.45) is 0. The molecule has 1 heterocycles. The monoisotopic (exact) mass is 433 g/mol. The van der Waals surface area contributed by atoms with E-state index in [1.54, 1.807) is 4.90 Å². The molecule has 1 aromatic heterocycles. The Bertz CT molecular complexity index is 1030. The molecule has 138 valence electrons. The van der Waals surface area contributed by atoms with Gasteiger partial charge in [-0.1, -0.05) is 64.5 Å². The van der Waals surface area contributed by atoms with Crippen molar-refractivity contribution < 1.29 is 4.79 Å². The van der Waals surface area contributed by atoms with Crippen LogP contribution in [0.2, 0.25) is 0 Å². The molecule has 0 unspecified atom stereocenters. The zero-order valence-corrected chi connectivity index (χ0v) is 16.4. The van der Waals surface area contributed by atoms with Crippen LogP contribution in [0.15, 0.2) is 89.4 Å². The lowest BCUT2D eigenvalue weighted by atomic mass is 10.2. The third-order valence-corrected chi connectivity index (χ3v) is 4.73. The summed E-state index contributed by atoms with van der Waals surface area (Å²) in [5, 5.41) is 11.9. The number of para-hydroxylation sites is 2. The Balaban J connectivity index is 1.66. The number of hydrogen-bond donors (Lipinski definition) is 0. The zero-order chi connectivity index (χ0) is 19.3. The fraction of sp³-hybridized carbons (Fsp3) is 0.0476. The summed E-state index contributed by atoms with van der Waals surface area (Å²) in [7, 11) is 0. The summed E-state index contributed by atoms with van der Waals surface area (Å²) in [5.74, 6) is 0.407. The Kier molecular flexibility index (Phi) is 5.25. The van der Waals surface area contributed by atoms with Gasteiger partial charge in [-0.25, -0.2) is 4.68 Å². The maximum absolute atomic E-state index is 13.3. The van der Waals surface area contributed by atoms with Gasteiger partial charge in [0.1, 0.15) is 6.54 Å². The predicted octanol–water partition coefficient (Wildman–Crippen LogP) is 4.47. The molecule has 0 N–H and O–H groups in total. The van der Waals surface area contributed by atoms with Crippen LogP contribution in [0.5, 0.6) is 0 Å². The molecule has 4 aromatic rings. The van der Waals surface area contributed by atoms with Crippen molar-refractivity contribution in [2.45, 2.75) is 6.54 Å². The normalized spacial score (nSPS) is 10.6. The van der Waals surface area contributed by atoms with Gasteiger partial charge < -0.3 is 0 Å². The van der Waals surface area contributed by atoms with Gasteiger partial charge >= 0.3 is 0 Å². The second-order valence-corrected chi connectivity index (χ2v) is 6.98. The highest BCUT2D eigenvalue weighted by Crippen LogP contribution is 2.26.